The predicted octanol–water partition coefficient (Wildman–Crippen LogP) is -0.685. The Kier molecular flexibility index (Phi) is 5.03. The van der Waals surface area contributed by atoms with Crippen LogP contribution in [0.4, 0.5) is 0 Å². The summed E-state index contributed by atoms with van der Waals surface area (Å²) in [5.41, 5.74) is 5.15. The molecule has 4 N–H and O–H groups in total. The second-order valence-electron chi connectivity index (χ2n) is 2.50. The fraction of sp³-hybridized carbons (Fsp3) is 0.714. The van der Waals surface area contributed by atoms with Gasteiger partial charge in [0.05, 0.1) is 0 Å². The first-order valence-corrected chi connectivity index (χ1v) is 3.83. The van der Waals surface area contributed by atoms with E-state index >= 15 is 0 Å². The summed E-state index contributed by atoms with van der Waals surface area (Å²) in [4.78, 5) is 21.0. The number of aliphatic carboxylic acids is 1. The first-order chi connectivity index (χ1) is 5.57. The van der Waals surface area contributed by atoms with Gasteiger partial charge >= 0.3 is 5.97 Å². The first-order valence-electron chi connectivity index (χ1n) is 3.83. The average Bonchev–Trinajstić information content (AvgIpc) is 2.00. The van der Waals surface area contributed by atoms with Crippen LogP contribution in [-0.2, 0) is 9.59 Å². The Morgan fingerprint density at radius 1 is 1.58 bits per heavy atom. The molecule has 0 rings (SSSR count). The molecule has 0 fully saturated rings. The van der Waals surface area contributed by atoms with Gasteiger partial charge in [-0.05, 0) is 6.42 Å². The third-order valence-electron chi connectivity index (χ3n) is 1.31. The number of nitrogens with one attached hydrogen (secondary N) is 1. The summed E-state index contributed by atoms with van der Waals surface area (Å²) >= 11 is 0. The summed E-state index contributed by atoms with van der Waals surface area (Å²) in [7, 11) is 0. The van der Waals surface area contributed by atoms with Crippen LogP contribution in [0.15, 0.2) is 0 Å². The molecular formula is C7H14N2O3. The molecule has 1 atom stereocenters. The molecule has 12 heavy (non-hydrogen) atoms. The molecule has 0 heterocycles. The summed E-state index contributed by atoms with van der Waals surface area (Å²) in [5, 5.41) is 10.8. The maximum atomic E-state index is 10.8. The van der Waals surface area contributed by atoms with E-state index in [-0.39, 0.29) is 12.5 Å². The van der Waals surface area contributed by atoms with E-state index in [1.165, 1.54) is 0 Å². The number of carboxylic acid groups (broad SMARTS) is 1. The molecule has 0 aromatic carbocycles. The molecule has 0 spiro atoms. The number of rotatable bonds is 5. The van der Waals surface area contributed by atoms with Crippen LogP contribution < -0.4 is 11.1 Å². The Hall–Kier alpha value is -1.10. The van der Waals surface area contributed by atoms with E-state index in [0.717, 1.165) is 6.42 Å². The van der Waals surface area contributed by atoms with Crippen LogP contribution >= 0.6 is 0 Å². The fourth-order valence-electron chi connectivity index (χ4n) is 0.627. The monoisotopic (exact) mass is 174 g/mol. The van der Waals surface area contributed by atoms with E-state index in [1.807, 2.05) is 6.92 Å². The standard InChI is InChI=1S/C7H14N2O3/c1-2-3-6(10)9-4-5(8)7(11)12/h5H,2-4,8H2,1H3,(H,9,10)(H,11,12). The van der Waals surface area contributed by atoms with Gasteiger partial charge in [0.1, 0.15) is 6.04 Å². The molecule has 0 radical (unpaired) electrons. The second-order valence-corrected chi connectivity index (χ2v) is 2.50. The van der Waals surface area contributed by atoms with Gasteiger partial charge in [0.25, 0.3) is 0 Å². The zero-order valence-corrected chi connectivity index (χ0v) is 7.04. The highest BCUT2D eigenvalue weighted by Crippen LogP contribution is 1.85. The smallest absolute Gasteiger partial charge is 0.322 e. The van der Waals surface area contributed by atoms with Crippen molar-refractivity contribution in [1.82, 2.24) is 5.32 Å². The lowest BCUT2D eigenvalue weighted by Crippen LogP contribution is -2.42. The molecule has 0 aromatic heterocycles. The Morgan fingerprint density at radius 3 is 2.58 bits per heavy atom. The van der Waals surface area contributed by atoms with Crippen molar-refractivity contribution in [3.8, 4) is 0 Å². The number of carbonyl (C=O) groups is 2. The first kappa shape index (κ1) is 10.9. The lowest BCUT2D eigenvalue weighted by atomic mass is 10.3. The minimum Gasteiger partial charge on any atom is -0.480 e. The Bertz CT molecular complexity index is 170. The van der Waals surface area contributed by atoms with Gasteiger partial charge in [-0.15, -0.1) is 0 Å². The number of hydrogen-bond acceptors (Lipinski definition) is 3. The number of carboxylic acids is 1. The Balaban J connectivity index is 3.54. The lowest BCUT2D eigenvalue weighted by molar-refractivity contribution is -0.138. The predicted molar refractivity (Wildman–Crippen MR) is 43.5 cm³/mol. The Morgan fingerprint density at radius 2 is 2.17 bits per heavy atom. The molecule has 1 unspecified atom stereocenters. The average molecular weight is 174 g/mol. The van der Waals surface area contributed by atoms with E-state index in [2.05, 4.69) is 5.32 Å². The summed E-state index contributed by atoms with van der Waals surface area (Å²) in [6.45, 7) is 1.87. The molecule has 70 valence electrons. The minimum atomic E-state index is -1.10. The third kappa shape index (κ3) is 4.68. The van der Waals surface area contributed by atoms with E-state index < -0.39 is 12.0 Å². The van der Waals surface area contributed by atoms with Crippen molar-refractivity contribution in [2.75, 3.05) is 6.54 Å². The number of hydrogen-bond donors (Lipinski definition) is 3. The van der Waals surface area contributed by atoms with Gasteiger partial charge in [0, 0.05) is 13.0 Å². The highest BCUT2D eigenvalue weighted by molar-refractivity contribution is 5.78. The van der Waals surface area contributed by atoms with Gasteiger partial charge in [-0.1, -0.05) is 6.92 Å². The van der Waals surface area contributed by atoms with Crippen LogP contribution in [0, 0.1) is 0 Å². The summed E-state index contributed by atoms with van der Waals surface area (Å²) in [6.07, 6.45) is 1.15. The van der Waals surface area contributed by atoms with Gasteiger partial charge < -0.3 is 16.2 Å². The number of nitrogens with two attached hydrogens (primary N) is 1. The van der Waals surface area contributed by atoms with Crippen molar-refractivity contribution in [3.05, 3.63) is 0 Å². The highest BCUT2D eigenvalue weighted by atomic mass is 16.4. The second kappa shape index (κ2) is 5.54. The molecule has 1 amide bonds. The normalized spacial score (nSPS) is 12.2. The van der Waals surface area contributed by atoms with Gasteiger partial charge in [-0.25, -0.2) is 0 Å². The number of amides is 1. The molecule has 5 nitrogen and oxygen atoms in total. The molecule has 5 heteroatoms. The molecular weight excluding hydrogens is 160 g/mol. The van der Waals surface area contributed by atoms with E-state index in [4.69, 9.17) is 10.8 Å². The SMILES string of the molecule is CCCC(=O)NCC(N)C(=O)O. The van der Waals surface area contributed by atoms with E-state index in [9.17, 15) is 9.59 Å². The van der Waals surface area contributed by atoms with Crippen LogP contribution in [0.25, 0.3) is 0 Å². The topological polar surface area (TPSA) is 92.4 Å². The fourth-order valence-corrected chi connectivity index (χ4v) is 0.627. The van der Waals surface area contributed by atoms with Gasteiger partial charge in [-0.2, -0.15) is 0 Å². The van der Waals surface area contributed by atoms with Crippen molar-refractivity contribution in [2.45, 2.75) is 25.8 Å². The third-order valence-corrected chi connectivity index (χ3v) is 1.31. The van der Waals surface area contributed by atoms with Crippen molar-refractivity contribution in [2.24, 2.45) is 5.73 Å². The molecule has 0 saturated carbocycles. The van der Waals surface area contributed by atoms with Crippen molar-refractivity contribution < 1.29 is 14.7 Å². The van der Waals surface area contributed by atoms with Gasteiger partial charge in [0.15, 0.2) is 0 Å². The van der Waals surface area contributed by atoms with Crippen molar-refractivity contribution in [1.29, 1.82) is 0 Å². The van der Waals surface area contributed by atoms with Crippen molar-refractivity contribution in [3.63, 3.8) is 0 Å². The zero-order chi connectivity index (χ0) is 9.56. The molecule has 0 saturated heterocycles. The summed E-state index contributed by atoms with van der Waals surface area (Å²) in [5.74, 6) is -1.26. The summed E-state index contributed by atoms with van der Waals surface area (Å²) in [6, 6.07) is -1.01. The molecule has 0 bridgehead atoms. The van der Waals surface area contributed by atoms with Crippen molar-refractivity contribution >= 4 is 11.9 Å². The molecule has 0 aliphatic heterocycles. The van der Waals surface area contributed by atoms with Crippen LogP contribution in [0.1, 0.15) is 19.8 Å². The van der Waals surface area contributed by atoms with Gasteiger partial charge in [-0.3, -0.25) is 9.59 Å². The van der Waals surface area contributed by atoms with E-state index in [1.54, 1.807) is 0 Å². The minimum absolute atomic E-state index is 0.00579. The summed E-state index contributed by atoms with van der Waals surface area (Å²) < 4.78 is 0. The molecule has 0 aromatic rings. The zero-order valence-electron chi connectivity index (χ0n) is 7.04. The van der Waals surface area contributed by atoms with E-state index in [0.29, 0.717) is 6.42 Å². The quantitative estimate of drug-likeness (QED) is 0.514. The number of carbonyl (C=O) groups excluding carboxylic acids is 1. The Labute approximate surface area is 70.9 Å². The van der Waals surface area contributed by atoms with Crippen LogP contribution in [-0.4, -0.2) is 29.6 Å². The molecule has 0 aliphatic carbocycles. The largest absolute Gasteiger partial charge is 0.480 e. The van der Waals surface area contributed by atoms with Crippen LogP contribution in [0.3, 0.4) is 0 Å². The highest BCUT2D eigenvalue weighted by Gasteiger charge is 2.11. The maximum absolute atomic E-state index is 10.8. The lowest BCUT2D eigenvalue weighted by Gasteiger charge is -2.07. The maximum Gasteiger partial charge on any atom is 0.322 e. The van der Waals surface area contributed by atoms with Crippen LogP contribution in [0.2, 0.25) is 0 Å². The van der Waals surface area contributed by atoms with Gasteiger partial charge in [0.2, 0.25) is 5.91 Å². The molecule has 0 aliphatic rings. The van der Waals surface area contributed by atoms with Crippen LogP contribution in [0.5, 0.6) is 0 Å².